The van der Waals surface area contributed by atoms with E-state index in [9.17, 15) is 21.6 Å². The summed E-state index contributed by atoms with van der Waals surface area (Å²) in [4.78, 5) is 8.02. The number of halogens is 4. The van der Waals surface area contributed by atoms with Crippen LogP contribution < -0.4 is 5.32 Å². The van der Waals surface area contributed by atoms with E-state index in [0.29, 0.717) is 5.69 Å². The number of oxazole rings is 1. The van der Waals surface area contributed by atoms with Gasteiger partial charge in [-0.15, -0.1) is 0 Å². The molecule has 2 atom stereocenters. The van der Waals surface area contributed by atoms with Gasteiger partial charge in [0.2, 0.25) is 0 Å². The highest BCUT2D eigenvalue weighted by Crippen LogP contribution is 2.38. The van der Waals surface area contributed by atoms with Gasteiger partial charge in [-0.2, -0.15) is 17.5 Å². The zero-order chi connectivity index (χ0) is 22.4. The first-order valence-corrected chi connectivity index (χ1v) is 10.9. The maximum Gasteiger partial charge on any atom is 0.417 e. The van der Waals surface area contributed by atoms with E-state index in [1.165, 1.54) is 40.1 Å². The molecular weight excluding hydrogens is 459 g/mol. The maximum atomic E-state index is 13.2. The minimum absolute atomic E-state index is 0.000409. The summed E-state index contributed by atoms with van der Waals surface area (Å²) >= 11 is 5.69. The molecule has 166 valence electrons. The summed E-state index contributed by atoms with van der Waals surface area (Å²) in [5.41, 5.74) is -0.332. The van der Waals surface area contributed by atoms with Gasteiger partial charge in [0, 0.05) is 44.0 Å². The monoisotopic (exact) mass is 475 g/mol. The van der Waals surface area contributed by atoms with Gasteiger partial charge in [-0.05, 0) is 18.2 Å². The molecule has 1 N–H and O–H groups in total. The number of sulfonamides is 1. The second kappa shape index (κ2) is 7.84. The Morgan fingerprint density at radius 2 is 2.03 bits per heavy atom. The molecule has 3 aromatic rings. The van der Waals surface area contributed by atoms with E-state index >= 15 is 0 Å². The molecular formula is C18H17ClF3N5O3S. The molecule has 13 heteroatoms. The van der Waals surface area contributed by atoms with E-state index in [4.69, 9.17) is 16.0 Å². The number of alkyl halides is 3. The van der Waals surface area contributed by atoms with Crippen LogP contribution in [0.5, 0.6) is 0 Å². The molecule has 1 saturated heterocycles. The molecule has 0 spiro atoms. The highest BCUT2D eigenvalue weighted by atomic mass is 35.5. The fraction of sp³-hybridized carbons (Fsp3) is 0.333. The van der Waals surface area contributed by atoms with Gasteiger partial charge in [-0.1, -0.05) is 11.6 Å². The van der Waals surface area contributed by atoms with Crippen LogP contribution in [0.2, 0.25) is 5.02 Å². The first-order valence-electron chi connectivity index (χ1n) is 9.05. The van der Waals surface area contributed by atoms with Crippen molar-refractivity contribution in [1.82, 2.24) is 18.8 Å². The molecule has 1 aromatic carbocycles. The number of benzene rings is 1. The van der Waals surface area contributed by atoms with Gasteiger partial charge >= 0.3 is 6.18 Å². The molecule has 0 amide bonds. The third-order valence-electron chi connectivity index (χ3n) is 5.03. The first-order chi connectivity index (χ1) is 14.6. The van der Waals surface area contributed by atoms with Crippen LogP contribution in [0.1, 0.15) is 17.2 Å². The third-order valence-corrected chi connectivity index (χ3v) is 7.07. The average Bonchev–Trinajstić information content (AvgIpc) is 3.42. The van der Waals surface area contributed by atoms with E-state index in [2.05, 4.69) is 15.3 Å². The van der Waals surface area contributed by atoms with Crippen molar-refractivity contribution < 1.29 is 26.0 Å². The molecule has 1 aliphatic heterocycles. The Kier molecular flexibility index (Phi) is 5.48. The number of aryl methyl sites for hydroxylation is 1. The molecule has 0 radical (unpaired) electrons. The Morgan fingerprint density at radius 1 is 1.26 bits per heavy atom. The second-order valence-corrected chi connectivity index (χ2v) is 9.45. The Balaban J connectivity index is 1.64. The fourth-order valence-corrected chi connectivity index (χ4v) is 5.20. The zero-order valence-electron chi connectivity index (χ0n) is 16.0. The van der Waals surface area contributed by atoms with Gasteiger partial charge in [-0.25, -0.2) is 18.4 Å². The van der Waals surface area contributed by atoms with Crippen LogP contribution in [0.4, 0.5) is 18.9 Å². The summed E-state index contributed by atoms with van der Waals surface area (Å²) in [6.07, 6.45) is 0.742. The topological polar surface area (TPSA) is 93.3 Å². The van der Waals surface area contributed by atoms with Crippen molar-refractivity contribution in [2.24, 2.45) is 7.05 Å². The molecule has 4 rings (SSSR count). The van der Waals surface area contributed by atoms with Crippen LogP contribution >= 0.6 is 11.6 Å². The van der Waals surface area contributed by atoms with Crippen molar-refractivity contribution in [3.63, 3.8) is 0 Å². The van der Waals surface area contributed by atoms with Crippen molar-refractivity contribution in [2.45, 2.75) is 23.2 Å². The summed E-state index contributed by atoms with van der Waals surface area (Å²) in [5, 5.41) is 2.48. The van der Waals surface area contributed by atoms with Crippen molar-refractivity contribution in [2.75, 3.05) is 18.4 Å². The molecule has 3 heterocycles. The molecule has 1 fully saturated rings. The van der Waals surface area contributed by atoms with Crippen LogP contribution in [-0.2, 0) is 23.2 Å². The SMILES string of the molecule is Cn1cnc(S(=O)(=O)N2C[C@H](Nc3ccc(Cl)c(C(F)(F)F)c3)[C@@H](c3cocn3)C2)c1. The van der Waals surface area contributed by atoms with Gasteiger partial charge < -0.3 is 14.3 Å². The van der Waals surface area contributed by atoms with Crippen molar-refractivity contribution >= 4 is 27.3 Å². The minimum atomic E-state index is -4.62. The zero-order valence-corrected chi connectivity index (χ0v) is 17.6. The Labute approximate surface area is 180 Å². The number of hydrogen-bond acceptors (Lipinski definition) is 6. The highest BCUT2D eigenvalue weighted by Gasteiger charge is 2.42. The number of imidazole rings is 1. The second-order valence-electron chi connectivity index (χ2n) is 7.16. The lowest BCUT2D eigenvalue weighted by Gasteiger charge is -2.20. The quantitative estimate of drug-likeness (QED) is 0.608. The van der Waals surface area contributed by atoms with Crippen LogP contribution in [0, 0.1) is 0 Å². The Bertz CT molecular complexity index is 1180. The van der Waals surface area contributed by atoms with Gasteiger partial charge in [0.05, 0.1) is 22.6 Å². The van der Waals surface area contributed by atoms with Crippen molar-refractivity contribution in [1.29, 1.82) is 0 Å². The summed E-state index contributed by atoms with van der Waals surface area (Å²) in [7, 11) is -2.25. The summed E-state index contributed by atoms with van der Waals surface area (Å²) in [5.74, 6) is -0.456. The number of nitrogens with one attached hydrogen (secondary N) is 1. The molecule has 0 saturated carbocycles. The molecule has 0 bridgehead atoms. The third kappa shape index (κ3) is 4.27. The van der Waals surface area contributed by atoms with Gasteiger partial charge in [0.15, 0.2) is 11.4 Å². The molecule has 1 aliphatic rings. The maximum absolute atomic E-state index is 13.2. The average molecular weight is 476 g/mol. The van der Waals surface area contributed by atoms with Crippen molar-refractivity contribution in [3.05, 3.63) is 59.7 Å². The molecule has 2 aromatic heterocycles. The minimum Gasteiger partial charge on any atom is -0.451 e. The van der Waals surface area contributed by atoms with Gasteiger partial charge in [0.25, 0.3) is 10.0 Å². The largest absolute Gasteiger partial charge is 0.451 e. The summed E-state index contributed by atoms with van der Waals surface area (Å²) in [6, 6.07) is 2.89. The van der Waals surface area contributed by atoms with E-state index < -0.39 is 38.7 Å². The van der Waals surface area contributed by atoms with Gasteiger partial charge in [0.1, 0.15) is 6.26 Å². The number of anilines is 1. The van der Waals surface area contributed by atoms with Crippen LogP contribution in [0.15, 0.2) is 52.8 Å². The first kappa shape index (κ1) is 21.7. The van der Waals surface area contributed by atoms with E-state index in [-0.39, 0.29) is 23.8 Å². The van der Waals surface area contributed by atoms with Gasteiger partial charge in [-0.3, -0.25) is 0 Å². The lowest BCUT2D eigenvalue weighted by atomic mass is 10.00. The van der Waals surface area contributed by atoms with Crippen LogP contribution in [-0.4, -0.2) is 46.4 Å². The Hall–Kier alpha value is -2.57. The Morgan fingerprint density at radius 3 is 2.65 bits per heavy atom. The molecule has 31 heavy (non-hydrogen) atoms. The number of rotatable bonds is 5. The number of hydrogen-bond donors (Lipinski definition) is 1. The fourth-order valence-electron chi connectivity index (χ4n) is 3.52. The lowest BCUT2D eigenvalue weighted by molar-refractivity contribution is -0.137. The molecule has 0 aliphatic carbocycles. The van der Waals surface area contributed by atoms with E-state index in [1.807, 2.05) is 0 Å². The number of nitrogens with zero attached hydrogens (tertiary/aromatic N) is 4. The standard InChI is InChI=1S/C18H17ClF3N5O3S/c1-26-7-17(23-9-26)31(28,29)27-5-12(16-8-30-10-24-16)15(6-27)25-11-2-3-14(19)13(4-11)18(20,21)22/h2-4,7-10,12,15,25H,5-6H2,1H3/t12-,15-/m0/s1. The molecule has 8 nitrogen and oxygen atoms in total. The van der Waals surface area contributed by atoms with E-state index in [0.717, 1.165) is 12.1 Å². The van der Waals surface area contributed by atoms with Crippen LogP contribution in [0.25, 0.3) is 0 Å². The summed E-state index contributed by atoms with van der Waals surface area (Å²) in [6.45, 7) is 0.0588. The number of aromatic nitrogens is 3. The van der Waals surface area contributed by atoms with E-state index in [1.54, 1.807) is 7.05 Å². The highest BCUT2D eigenvalue weighted by molar-refractivity contribution is 7.89. The smallest absolute Gasteiger partial charge is 0.417 e. The summed E-state index contributed by atoms with van der Waals surface area (Å²) < 4.78 is 73.4. The lowest BCUT2D eigenvalue weighted by Crippen LogP contribution is -2.32. The van der Waals surface area contributed by atoms with Crippen molar-refractivity contribution in [3.8, 4) is 0 Å². The normalized spacial score (nSPS) is 20.3. The molecule has 0 unspecified atom stereocenters. The van der Waals surface area contributed by atoms with Crippen LogP contribution in [0.3, 0.4) is 0 Å². The predicted octanol–water partition coefficient (Wildman–Crippen LogP) is 3.35. The predicted molar refractivity (Wildman–Crippen MR) is 105 cm³/mol.